The van der Waals surface area contributed by atoms with Gasteiger partial charge in [-0.3, -0.25) is 4.79 Å². The summed E-state index contributed by atoms with van der Waals surface area (Å²) in [5, 5.41) is 0. The fourth-order valence-corrected chi connectivity index (χ4v) is 3.50. The lowest BCUT2D eigenvalue weighted by atomic mass is 9.96. The highest BCUT2D eigenvalue weighted by molar-refractivity contribution is 7.91. The van der Waals surface area contributed by atoms with Crippen LogP contribution in [0.25, 0.3) is 0 Å². The van der Waals surface area contributed by atoms with Gasteiger partial charge in [0.05, 0.1) is 11.5 Å². The van der Waals surface area contributed by atoms with Gasteiger partial charge in [0.15, 0.2) is 9.84 Å². The molecule has 2 aliphatic heterocycles. The third-order valence-corrected chi connectivity index (χ3v) is 4.91. The Bertz CT molecular complexity index is 360. The van der Waals surface area contributed by atoms with Gasteiger partial charge in [0, 0.05) is 32.6 Å². The maximum absolute atomic E-state index is 11.8. The Morgan fingerprint density at radius 3 is 2.31 bits per heavy atom. The van der Waals surface area contributed by atoms with Gasteiger partial charge < -0.3 is 9.80 Å². The highest BCUT2D eigenvalue weighted by Crippen LogP contribution is 2.18. The minimum atomic E-state index is -2.88. The van der Waals surface area contributed by atoms with Crippen LogP contribution < -0.4 is 0 Å². The molecule has 0 aromatic heterocycles. The van der Waals surface area contributed by atoms with E-state index in [0.717, 1.165) is 13.1 Å². The van der Waals surface area contributed by atoms with E-state index in [4.69, 9.17) is 0 Å². The van der Waals surface area contributed by atoms with Crippen molar-refractivity contribution < 1.29 is 13.2 Å². The summed E-state index contributed by atoms with van der Waals surface area (Å²) in [6.45, 7) is 2.73. The smallest absolute Gasteiger partial charge is 0.223 e. The SMILES string of the molecule is CN1CC(CC(=O)N2CCS(=O)(=O)CC2)C1. The summed E-state index contributed by atoms with van der Waals surface area (Å²) in [6.07, 6.45) is 0.574. The lowest BCUT2D eigenvalue weighted by molar-refractivity contribution is -0.133. The molecule has 92 valence electrons. The normalized spacial score (nSPS) is 26.4. The second kappa shape index (κ2) is 4.33. The first kappa shape index (κ1) is 11.9. The molecule has 2 saturated heterocycles. The molecule has 0 aromatic rings. The van der Waals surface area contributed by atoms with Crippen molar-refractivity contribution >= 4 is 15.7 Å². The third-order valence-electron chi connectivity index (χ3n) is 3.30. The Balaban J connectivity index is 1.78. The Kier molecular flexibility index (Phi) is 3.21. The quantitative estimate of drug-likeness (QED) is 0.640. The average Bonchev–Trinajstić information content (AvgIpc) is 2.15. The van der Waals surface area contributed by atoms with Crippen LogP contribution in [0.3, 0.4) is 0 Å². The molecule has 2 heterocycles. The van der Waals surface area contributed by atoms with Gasteiger partial charge in [-0.1, -0.05) is 0 Å². The molecule has 6 heteroatoms. The summed E-state index contributed by atoms with van der Waals surface area (Å²) in [6, 6.07) is 0. The van der Waals surface area contributed by atoms with Crippen LogP contribution in [-0.4, -0.2) is 68.9 Å². The van der Waals surface area contributed by atoms with E-state index < -0.39 is 9.84 Å². The second-order valence-electron chi connectivity index (χ2n) is 4.82. The second-order valence-corrected chi connectivity index (χ2v) is 7.13. The standard InChI is InChI=1S/C10H18N2O3S/c1-11-7-9(8-11)6-10(13)12-2-4-16(14,15)5-3-12/h9H,2-8H2,1H3. The maximum Gasteiger partial charge on any atom is 0.223 e. The summed E-state index contributed by atoms with van der Waals surface area (Å²) in [5.41, 5.74) is 0. The number of carbonyl (C=O) groups excluding carboxylic acids is 1. The van der Waals surface area contributed by atoms with Crippen molar-refractivity contribution in [2.45, 2.75) is 6.42 Å². The zero-order valence-corrected chi connectivity index (χ0v) is 10.4. The summed E-state index contributed by atoms with van der Waals surface area (Å²) in [4.78, 5) is 15.7. The maximum atomic E-state index is 11.8. The highest BCUT2D eigenvalue weighted by atomic mass is 32.2. The summed E-state index contributed by atoms with van der Waals surface area (Å²) in [5.74, 6) is 0.844. The van der Waals surface area contributed by atoms with Crippen molar-refractivity contribution in [1.82, 2.24) is 9.80 Å². The molecular weight excluding hydrogens is 228 g/mol. The first-order valence-corrected chi connectivity index (χ1v) is 7.45. The molecule has 0 spiro atoms. The number of amides is 1. The van der Waals surface area contributed by atoms with Crippen LogP contribution in [0.4, 0.5) is 0 Å². The van der Waals surface area contributed by atoms with Crippen molar-refractivity contribution in [2.24, 2.45) is 5.92 Å². The van der Waals surface area contributed by atoms with E-state index in [1.807, 2.05) is 7.05 Å². The van der Waals surface area contributed by atoms with E-state index in [1.165, 1.54) is 0 Å². The molecule has 1 amide bonds. The van der Waals surface area contributed by atoms with E-state index in [0.29, 0.717) is 25.4 Å². The van der Waals surface area contributed by atoms with Crippen LogP contribution in [-0.2, 0) is 14.6 Å². The molecule has 0 unspecified atom stereocenters. The first-order valence-electron chi connectivity index (χ1n) is 5.63. The average molecular weight is 246 g/mol. The van der Waals surface area contributed by atoms with Crippen molar-refractivity contribution in [3.05, 3.63) is 0 Å². The molecular formula is C10H18N2O3S. The molecule has 5 nitrogen and oxygen atoms in total. The predicted octanol–water partition coefficient (Wildman–Crippen LogP) is -0.805. The number of hydrogen-bond donors (Lipinski definition) is 0. The van der Waals surface area contributed by atoms with Crippen molar-refractivity contribution in [3.8, 4) is 0 Å². The molecule has 0 N–H and O–H groups in total. The van der Waals surface area contributed by atoms with Gasteiger partial charge in [0.2, 0.25) is 5.91 Å². The highest BCUT2D eigenvalue weighted by Gasteiger charge is 2.30. The van der Waals surface area contributed by atoms with Gasteiger partial charge in [-0.2, -0.15) is 0 Å². The number of carbonyl (C=O) groups is 1. The molecule has 0 radical (unpaired) electrons. The monoisotopic (exact) mass is 246 g/mol. The summed E-state index contributed by atoms with van der Waals surface area (Å²) >= 11 is 0. The molecule has 0 bridgehead atoms. The number of hydrogen-bond acceptors (Lipinski definition) is 4. The molecule has 2 rings (SSSR count). The van der Waals surface area contributed by atoms with E-state index in [-0.39, 0.29) is 17.4 Å². The minimum absolute atomic E-state index is 0.119. The van der Waals surface area contributed by atoms with Crippen LogP contribution >= 0.6 is 0 Å². The van der Waals surface area contributed by atoms with E-state index in [9.17, 15) is 13.2 Å². The van der Waals surface area contributed by atoms with Crippen LogP contribution in [0.5, 0.6) is 0 Å². The number of sulfone groups is 1. The molecule has 0 saturated carbocycles. The van der Waals surface area contributed by atoms with E-state index in [1.54, 1.807) is 4.90 Å². The van der Waals surface area contributed by atoms with Gasteiger partial charge in [0.1, 0.15) is 0 Å². The summed E-state index contributed by atoms with van der Waals surface area (Å²) < 4.78 is 22.4. The van der Waals surface area contributed by atoms with Crippen LogP contribution in [0.1, 0.15) is 6.42 Å². The molecule has 16 heavy (non-hydrogen) atoms. The van der Waals surface area contributed by atoms with Crippen LogP contribution in [0.15, 0.2) is 0 Å². The van der Waals surface area contributed by atoms with Crippen molar-refractivity contribution in [1.29, 1.82) is 0 Å². The van der Waals surface area contributed by atoms with E-state index >= 15 is 0 Å². The number of rotatable bonds is 2. The largest absolute Gasteiger partial charge is 0.341 e. The summed E-state index contributed by atoms with van der Waals surface area (Å²) in [7, 11) is -0.844. The van der Waals surface area contributed by atoms with Gasteiger partial charge in [-0.05, 0) is 13.0 Å². The molecule has 2 fully saturated rings. The van der Waals surface area contributed by atoms with Crippen molar-refractivity contribution in [2.75, 3.05) is 44.7 Å². The van der Waals surface area contributed by atoms with E-state index in [2.05, 4.69) is 4.90 Å². The zero-order chi connectivity index (χ0) is 11.8. The third kappa shape index (κ3) is 2.74. The topological polar surface area (TPSA) is 57.7 Å². The zero-order valence-electron chi connectivity index (χ0n) is 9.55. The Morgan fingerprint density at radius 2 is 1.81 bits per heavy atom. The molecule has 0 aliphatic carbocycles. The van der Waals surface area contributed by atoms with Gasteiger partial charge in [-0.25, -0.2) is 8.42 Å². The number of likely N-dealkylation sites (tertiary alicyclic amines) is 1. The van der Waals surface area contributed by atoms with Gasteiger partial charge in [0.25, 0.3) is 0 Å². The van der Waals surface area contributed by atoms with Gasteiger partial charge >= 0.3 is 0 Å². The fraction of sp³-hybridized carbons (Fsp3) is 0.900. The van der Waals surface area contributed by atoms with Crippen LogP contribution in [0, 0.1) is 5.92 Å². The first-order chi connectivity index (χ1) is 7.46. The van der Waals surface area contributed by atoms with Crippen molar-refractivity contribution in [3.63, 3.8) is 0 Å². The number of nitrogens with zero attached hydrogens (tertiary/aromatic N) is 2. The Hall–Kier alpha value is -0.620. The Labute approximate surface area is 96.3 Å². The molecule has 0 atom stereocenters. The predicted molar refractivity (Wildman–Crippen MR) is 60.8 cm³/mol. The lowest BCUT2D eigenvalue weighted by Gasteiger charge is -2.37. The van der Waals surface area contributed by atoms with Gasteiger partial charge in [-0.15, -0.1) is 0 Å². The Morgan fingerprint density at radius 1 is 1.25 bits per heavy atom. The lowest BCUT2D eigenvalue weighted by Crippen LogP contribution is -2.49. The molecule has 2 aliphatic rings. The minimum Gasteiger partial charge on any atom is -0.341 e. The molecule has 0 aromatic carbocycles. The van der Waals surface area contributed by atoms with Crippen LogP contribution in [0.2, 0.25) is 0 Å². The fourth-order valence-electron chi connectivity index (χ4n) is 2.30.